The summed E-state index contributed by atoms with van der Waals surface area (Å²) in [5.41, 5.74) is 3.26. The second-order valence-corrected chi connectivity index (χ2v) is 7.69. The van der Waals surface area contributed by atoms with Crippen molar-refractivity contribution in [3.63, 3.8) is 0 Å². The molecule has 0 atom stereocenters. The molecule has 0 radical (unpaired) electrons. The van der Waals surface area contributed by atoms with Crippen LogP contribution in [0.3, 0.4) is 0 Å². The van der Waals surface area contributed by atoms with Gasteiger partial charge < -0.3 is 0 Å². The highest BCUT2D eigenvalue weighted by molar-refractivity contribution is 6.06. The molecule has 0 bridgehead atoms. The number of hydrogen-bond acceptors (Lipinski definition) is 1. The molecular weight excluding hydrogens is 340 g/mol. The number of ketones is 1. The standard InChI is InChI=1S/C27H36O/c1-2-3-4-5-6-7-8-9-10-12-17-24-18-15-16-19-25(24)22-23-27(28)26-20-13-11-14-21-26/h11,13-16,18-23H,2-10,12,17H2,1H3. The monoisotopic (exact) mass is 376 g/mol. The maximum atomic E-state index is 12.3. The largest absolute Gasteiger partial charge is 0.289 e. The van der Waals surface area contributed by atoms with E-state index in [1.54, 1.807) is 6.08 Å². The van der Waals surface area contributed by atoms with Crippen LogP contribution in [-0.2, 0) is 6.42 Å². The fraction of sp³-hybridized carbons (Fsp3) is 0.444. The van der Waals surface area contributed by atoms with Gasteiger partial charge in [-0.05, 0) is 30.0 Å². The molecule has 0 unspecified atom stereocenters. The molecule has 0 aliphatic carbocycles. The van der Waals surface area contributed by atoms with Gasteiger partial charge in [-0.15, -0.1) is 0 Å². The second-order valence-electron chi connectivity index (χ2n) is 7.69. The van der Waals surface area contributed by atoms with E-state index in [2.05, 4.69) is 31.2 Å². The maximum absolute atomic E-state index is 12.3. The Morgan fingerprint density at radius 2 is 1.29 bits per heavy atom. The first-order valence-electron chi connectivity index (χ1n) is 11.2. The van der Waals surface area contributed by atoms with Gasteiger partial charge in [-0.1, -0.05) is 125 Å². The highest BCUT2D eigenvalue weighted by atomic mass is 16.1. The van der Waals surface area contributed by atoms with Crippen LogP contribution in [0.5, 0.6) is 0 Å². The van der Waals surface area contributed by atoms with Crippen molar-refractivity contribution < 1.29 is 4.79 Å². The second kappa shape index (κ2) is 13.9. The number of allylic oxidation sites excluding steroid dienone is 1. The molecule has 28 heavy (non-hydrogen) atoms. The zero-order valence-electron chi connectivity index (χ0n) is 17.5. The van der Waals surface area contributed by atoms with Crippen molar-refractivity contribution in [1.29, 1.82) is 0 Å². The van der Waals surface area contributed by atoms with Crippen molar-refractivity contribution in [1.82, 2.24) is 0 Å². The Labute approximate surface area is 171 Å². The topological polar surface area (TPSA) is 17.1 Å². The quantitative estimate of drug-likeness (QED) is 0.185. The third kappa shape index (κ3) is 8.69. The molecule has 1 heteroatoms. The van der Waals surface area contributed by atoms with Crippen LogP contribution in [0.15, 0.2) is 60.7 Å². The van der Waals surface area contributed by atoms with Gasteiger partial charge >= 0.3 is 0 Å². The van der Waals surface area contributed by atoms with Crippen LogP contribution in [0.1, 0.15) is 92.6 Å². The number of rotatable bonds is 14. The van der Waals surface area contributed by atoms with E-state index in [-0.39, 0.29) is 5.78 Å². The van der Waals surface area contributed by atoms with Crippen molar-refractivity contribution >= 4 is 11.9 Å². The zero-order chi connectivity index (χ0) is 19.9. The van der Waals surface area contributed by atoms with Crippen LogP contribution in [0, 0.1) is 0 Å². The maximum Gasteiger partial charge on any atom is 0.185 e. The molecular formula is C27H36O. The van der Waals surface area contributed by atoms with Gasteiger partial charge in [0.2, 0.25) is 0 Å². The van der Waals surface area contributed by atoms with Crippen molar-refractivity contribution in [3.05, 3.63) is 77.4 Å². The molecule has 0 N–H and O–H groups in total. The molecule has 0 aromatic heterocycles. The lowest BCUT2D eigenvalue weighted by Crippen LogP contribution is -1.94. The van der Waals surface area contributed by atoms with Gasteiger partial charge in [-0.2, -0.15) is 0 Å². The summed E-state index contributed by atoms with van der Waals surface area (Å²) < 4.78 is 0. The Hall–Kier alpha value is -2.15. The predicted molar refractivity (Wildman–Crippen MR) is 122 cm³/mol. The molecule has 0 saturated carbocycles. The Kier molecular flexibility index (Phi) is 11.0. The molecule has 0 spiro atoms. The van der Waals surface area contributed by atoms with Crippen LogP contribution in [0.4, 0.5) is 0 Å². The van der Waals surface area contributed by atoms with Crippen LogP contribution in [-0.4, -0.2) is 5.78 Å². The minimum atomic E-state index is 0.0642. The third-order valence-corrected chi connectivity index (χ3v) is 5.33. The van der Waals surface area contributed by atoms with E-state index >= 15 is 0 Å². The summed E-state index contributed by atoms with van der Waals surface area (Å²) in [5, 5.41) is 0. The lowest BCUT2D eigenvalue weighted by atomic mass is 9.99. The minimum Gasteiger partial charge on any atom is -0.289 e. The van der Waals surface area contributed by atoms with E-state index in [0.717, 1.165) is 12.0 Å². The summed E-state index contributed by atoms with van der Waals surface area (Å²) in [6, 6.07) is 17.9. The van der Waals surface area contributed by atoms with E-state index in [0.29, 0.717) is 0 Å². The minimum absolute atomic E-state index is 0.0642. The van der Waals surface area contributed by atoms with Crippen molar-refractivity contribution in [2.45, 2.75) is 77.6 Å². The van der Waals surface area contributed by atoms with Crippen LogP contribution >= 0.6 is 0 Å². The summed E-state index contributed by atoms with van der Waals surface area (Å²) in [7, 11) is 0. The van der Waals surface area contributed by atoms with Crippen LogP contribution in [0.2, 0.25) is 0 Å². The highest BCUT2D eigenvalue weighted by Gasteiger charge is 2.02. The lowest BCUT2D eigenvalue weighted by molar-refractivity contribution is 0.104. The highest BCUT2D eigenvalue weighted by Crippen LogP contribution is 2.16. The van der Waals surface area contributed by atoms with Gasteiger partial charge in [0, 0.05) is 5.56 Å². The van der Waals surface area contributed by atoms with E-state index in [1.807, 2.05) is 36.4 Å². The smallest absolute Gasteiger partial charge is 0.185 e. The van der Waals surface area contributed by atoms with E-state index in [1.165, 1.54) is 75.3 Å². The van der Waals surface area contributed by atoms with Crippen LogP contribution < -0.4 is 0 Å². The molecule has 0 saturated heterocycles. The van der Waals surface area contributed by atoms with E-state index < -0.39 is 0 Å². The Balaban J connectivity index is 1.70. The van der Waals surface area contributed by atoms with Crippen molar-refractivity contribution in [3.8, 4) is 0 Å². The first kappa shape index (κ1) is 22.1. The molecule has 0 aliphatic rings. The molecule has 150 valence electrons. The normalized spacial score (nSPS) is 11.2. The first-order chi connectivity index (χ1) is 13.8. The molecule has 0 fully saturated rings. The summed E-state index contributed by atoms with van der Waals surface area (Å²) in [6.45, 7) is 2.27. The first-order valence-corrected chi connectivity index (χ1v) is 11.2. The van der Waals surface area contributed by atoms with E-state index in [4.69, 9.17) is 0 Å². The number of unbranched alkanes of at least 4 members (excludes halogenated alkanes) is 9. The Bertz CT molecular complexity index is 699. The summed E-state index contributed by atoms with van der Waals surface area (Å²) in [4.78, 5) is 12.3. The summed E-state index contributed by atoms with van der Waals surface area (Å²) >= 11 is 0. The SMILES string of the molecule is CCCCCCCCCCCCc1ccccc1C=CC(=O)c1ccccc1. The number of aryl methyl sites for hydroxylation is 1. The number of carbonyl (C=O) groups is 1. The van der Waals surface area contributed by atoms with Crippen molar-refractivity contribution in [2.75, 3.05) is 0 Å². The van der Waals surface area contributed by atoms with Gasteiger partial charge in [0.1, 0.15) is 0 Å². The fourth-order valence-electron chi connectivity index (χ4n) is 3.59. The van der Waals surface area contributed by atoms with Gasteiger partial charge in [-0.25, -0.2) is 0 Å². The molecule has 1 nitrogen and oxygen atoms in total. The van der Waals surface area contributed by atoms with Gasteiger partial charge in [0.15, 0.2) is 5.78 Å². The molecule has 2 aromatic rings. The molecule has 0 aliphatic heterocycles. The number of hydrogen-bond donors (Lipinski definition) is 0. The average Bonchev–Trinajstić information content (AvgIpc) is 2.74. The summed E-state index contributed by atoms with van der Waals surface area (Å²) in [6.07, 6.45) is 18.4. The number of carbonyl (C=O) groups excluding carboxylic acids is 1. The Morgan fingerprint density at radius 3 is 1.96 bits per heavy atom. The molecule has 2 aromatic carbocycles. The van der Waals surface area contributed by atoms with Crippen molar-refractivity contribution in [2.24, 2.45) is 0 Å². The average molecular weight is 377 g/mol. The Morgan fingerprint density at radius 1 is 0.714 bits per heavy atom. The van der Waals surface area contributed by atoms with Gasteiger partial charge in [0.05, 0.1) is 0 Å². The van der Waals surface area contributed by atoms with E-state index in [9.17, 15) is 4.79 Å². The van der Waals surface area contributed by atoms with Gasteiger partial charge in [0.25, 0.3) is 0 Å². The summed E-state index contributed by atoms with van der Waals surface area (Å²) in [5.74, 6) is 0.0642. The number of benzene rings is 2. The lowest BCUT2D eigenvalue weighted by Gasteiger charge is -2.06. The molecule has 0 heterocycles. The molecule has 2 rings (SSSR count). The van der Waals surface area contributed by atoms with Crippen LogP contribution in [0.25, 0.3) is 6.08 Å². The molecule has 0 amide bonds. The fourth-order valence-corrected chi connectivity index (χ4v) is 3.59. The third-order valence-electron chi connectivity index (χ3n) is 5.33. The van der Waals surface area contributed by atoms with Gasteiger partial charge in [-0.3, -0.25) is 4.79 Å². The predicted octanol–water partition coefficient (Wildman–Crippen LogP) is 8.05. The zero-order valence-corrected chi connectivity index (χ0v) is 17.5.